The Morgan fingerprint density at radius 1 is 1.33 bits per heavy atom. The van der Waals surface area contributed by atoms with Crippen LogP contribution < -0.4 is 0 Å². The number of halogens is 4. The number of hydrogen-bond donors (Lipinski definition) is 0. The van der Waals surface area contributed by atoms with Crippen molar-refractivity contribution in [2.75, 3.05) is 11.8 Å². The first-order valence-electron chi connectivity index (χ1n) is 2.07. The highest BCUT2D eigenvalue weighted by Gasteiger charge is 2.31. The maximum atomic E-state index is 10.6. The number of rotatable bonds is 3. The second-order valence-corrected chi connectivity index (χ2v) is 3.41. The zero-order chi connectivity index (χ0) is 7.49. The summed E-state index contributed by atoms with van der Waals surface area (Å²) in [5.74, 6) is -0.816. The number of alkyl halides is 4. The van der Waals surface area contributed by atoms with Crippen molar-refractivity contribution in [2.24, 2.45) is 0 Å². The molecule has 0 aliphatic carbocycles. The summed E-state index contributed by atoms with van der Waals surface area (Å²) in [6, 6.07) is 0. The molecule has 0 aliphatic heterocycles. The van der Waals surface area contributed by atoms with Crippen LogP contribution in [-0.4, -0.2) is 21.9 Å². The minimum atomic E-state index is -1.51. The molecule has 0 aromatic carbocycles. The molecule has 0 saturated carbocycles. The maximum absolute atomic E-state index is 10.6. The number of carbonyl (C=O) groups is 1. The average molecular weight is 210 g/mol. The Balaban J connectivity index is 3.97. The Hall–Kier alpha value is 0.830. The number of Topliss-reactive ketones (excluding diaryl/α,β-unsaturated/α-hetero) is 1. The van der Waals surface area contributed by atoms with Crippen LogP contribution in [-0.2, 0) is 4.79 Å². The van der Waals surface area contributed by atoms with Crippen molar-refractivity contribution in [1.82, 2.24) is 0 Å². The van der Waals surface area contributed by atoms with Crippen molar-refractivity contribution >= 4 is 52.2 Å². The maximum Gasteiger partial charge on any atom is 0.190 e. The molecule has 1 nitrogen and oxygen atoms in total. The lowest BCUT2D eigenvalue weighted by Crippen LogP contribution is -2.28. The Morgan fingerprint density at radius 3 is 1.89 bits per heavy atom. The van der Waals surface area contributed by atoms with E-state index in [0.717, 1.165) is 0 Å². The minimum absolute atomic E-state index is 0.137. The summed E-state index contributed by atoms with van der Waals surface area (Å²) in [7, 11) is 0. The first kappa shape index (κ1) is 9.83. The van der Waals surface area contributed by atoms with Crippen LogP contribution in [0, 0.1) is 0 Å². The van der Waals surface area contributed by atoms with Crippen LogP contribution in [0.15, 0.2) is 0 Å². The first-order chi connectivity index (χ1) is 4.04. The van der Waals surface area contributed by atoms with Crippen LogP contribution in [0.3, 0.4) is 0 Å². The normalized spacial score (nSPS) is 11.6. The van der Waals surface area contributed by atoms with E-state index in [2.05, 4.69) is 0 Å². The minimum Gasteiger partial charge on any atom is -0.295 e. The van der Waals surface area contributed by atoms with Crippen LogP contribution >= 0.6 is 46.4 Å². The molecule has 9 heavy (non-hydrogen) atoms. The van der Waals surface area contributed by atoms with Crippen molar-refractivity contribution in [3.05, 3.63) is 0 Å². The fourth-order valence-electron chi connectivity index (χ4n) is 0.172. The molecule has 0 radical (unpaired) electrons. The lowest BCUT2D eigenvalue weighted by molar-refractivity contribution is -0.116. The van der Waals surface area contributed by atoms with Crippen molar-refractivity contribution in [1.29, 1.82) is 0 Å². The van der Waals surface area contributed by atoms with E-state index in [1.807, 2.05) is 0 Å². The fraction of sp³-hybridized carbons (Fsp3) is 0.750. The van der Waals surface area contributed by atoms with E-state index < -0.39 is 10.1 Å². The molecule has 0 atom stereocenters. The summed E-state index contributed by atoms with van der Waals surface area (Å²) in [5.41, 5.74) is 0. The lowest BCUT2D eigenvalue weighted by atomic mass is 10.3. The van der Waals surface area contributed by atoms with Crippen molar-refractivity contribution in [2.45, 2.75) is 4.33 Å². The highest BCUT2D eigenvalue weighted by molar-refractivity contribution is 6.62. The molecule has 0 spiro atoms. The van der Waals surface area contributed by atoms with E-state index in [1.54, 1.807) is 0 Å². The summed E-state index contributed by atoms with van der Waals surface area (Å²) in [4.78, 5) is 10.6. The molecule has 0 aliphatic rings. The van der Waals surface area contributed by atoms with Gasteiger partial charge in [-0.2, -0.15) is 0 Å². The molecule has 0 bridgehead atoms. The van der Waals surface area contributed by atoms with Gasteiger partial charge in [0.2, 0.25) is 0 Å². The van der Waals surface area contributed by atoms with Crippen LogP contribution in [0.5, 0.6) is 0 Å². The summed E-state index contributed by atoms with van der Waals surface area (Å²) in [6.07, 6.45) is 0. The molecule has 0 aromatic rings. The van der Waals surface area contributed by atoms with E-state index in [9.17, 15) is 4.79 Å². The molecule has 0 rings (SSSR count). The largest absolute Gasteiger partial charge is 0.295 e. The molecule has 0 unspecified atom stereocenters. The lowest BCUT2D eigenvalue weighted by Gasteiger charge is -2.11. The van der Waals surface area contributed by atoms with Gasteiger partial charge < -0.3 is 0 Å². The smallest absolute Gasteiger partial charge is 0.190 e. The Kier molecular flexibility index (Phi) is 4.22. The average Bonchev–Trinajstić information content (AvgIpc) is 1.86. The highest BCUT2D eigenvalue weighted by atomic mass is 35.5. The molecular formula is C4H4Cl4O. The second-order valence-electron chi connectivity index (χ2n) is 1.39. The van der Waals surface area contributed by atoms with Gasteiger partial charge in [-0.25, -0.2) is 0 Å². The molecule has 0 N–H and O–H groups in total. The summed E-state index contributed by atoms with van der Waals surface area (Å²) in [5, 5.41) is 0. The monoisotopic (exact) mass is 208 g/mol. The third kappa shape index (κ3) is 2.94. The van der Waals surface area contributed by atoms with Gasteiger partial charge >= 0.3 is 0 Å². The van der Waals surface area contributed by atoms with Crippen LogP contribution in [0.25, 0.3) is 0 Å². The zero-order valence-corrected chi connectivity index (χ0v) is 7.36. The molecule has 0 fully saturated rings. The van der Waals surface area contributed by atoms with Crippen molar-refractivity contribution in [3.8, 4) is 0 Å². The third-order valence-corrected chi connectivity index (χ3v) is 2.30. The van der Waals surface area contributed by atoms with Gasteiger partial charge in [-0.15, -0.1) is 23.2 Å². The van der Waals surface area contributed by atoms with E-state index in [4.69, 9.17) is 46.4 Å². The van der Waals surface area contributed by atoms with Gasteiger partial charge in [0.15, 0.2) is 10.1 Å². The Bertz CT molecular complexity index is 111. The quantitative estimate of drug-likeness (QED) is 0.652. The zero-order valence-electron chi connectivity index (χ0n) is 4.33. The fourth-order valence-corrected chi connectivity index (χ4v) is 0.820. The highest BCUT2D eigenvalue weighted by Crippen LogP contribution is 2.23. The van der Waals surface area contributed by atoms with Gasteiger partial charge in [0.1, 0.15) is 0 Å². The summed E-state index contributed by atoms with van der Waals surface area (Å²) >= 11 is 21.1. The molecule has 0 saturated heterocycles. The first-order valence-corrected chi connectivity index (χ1v) is 3.90. The third-order valence-electron chi connectivity index (χ3n) is 0.697. The van der Waals surface area contributed by atoms with Gasteiger partial charge in [-0.05, 0) is 0 Å². The summed E-state index contributed by atoms with van der Waals surface area (Å²) in [6.45, 7) is 0. The van der Waals surface area contributed by atoms with E-state index in [0.29, 0.717) is 0 Å². The molecule has 0 aromatic heterocycles. The number of carbonyl (C=O) groups excluding carboxylic acids is 1. The SMILES string of the molecule is O=C(CCl)C(Cl)(Cl)CCl. The van der Waals surface area contributed by atoms with Gasteiger partial charge in [-0.3, -0.25) is 4.79 Å². The van der Waals surface area contributed by atoms with Crippen LogP contribution in [0.4, 0.5) is 0 Å². The standard InChI is InChI=1S/C4H4Cl4O/c5-1-3(9)4(7,8)2-6/h1-2H2. The molecule has 5 heteroatoms. The van der Waals surface area contributed by atoms with E-state index >= 15 is 0 Å². The van der Waals surface area contributed by atoms with E-state index in [1.165, 1.54) is 0 Å². The van der Waals surface area contributed by atoms with Gasteiger partial charge in [0, 0.05) is 0 Å². The molecule has 0 heterocycles. The second kappa shape index (κ2) is 3.87. The van der Waals surface area contributed by atoms with Gasteiger partial charge in [-0.1, -0.05) is 23.2 Å². The Morgan fingerprint density at radius 2 is 1.78 bits per heavy atom. The molecular weight excluding hydrogens is 206 g/mol. The van der Waals surface area contributed by atoms with Gasteiger partial charge in [0.05, 0.1) is 11.8 Å². The predicted molar refractivity (Wildman–Crippen MR) is 40.9 cm³/mol. The van der Waals surface area contributed by atoms with Crippen molar-refractivity contribution < 1.29 is 4.79 Å². The topological polar surface area (TPSA) is 17.1 Å². The van der Waals surface area contributed by atoms with Crippen LogP contribution in [0.1, 0.15) is 0 Å². The number of ketones is 1. The Labute approximate surface area is 73.2 Å². The molecule has 54 valence electrons. The summed E-state index contributed by atoms with van der Waals surface area (Å²) < 4.78 is -1.51. The van der Waals surface area contributed by atoms with Crippen molar-refractivity contribution in [3.63, 3.8) is 0 Å². The van der Waals surface area contributed by atoms with Gasteiger partial charge in [0.25, 0.3) is 0 Å². The predicted octanol–water partition coefficient (Wildman–Crippen LogP) is 2.21. The van der Waals surface area contributed by atoms with E-state index in [-0.39, 0.29) is 11.8 Å². The number of hydrogen-bond acceptors (Lipinski definition) is 1. The van der Waals surface area contributed by atoms with Crippen LogP contribution in [0.2, 0.25) is 0 Å². The molecule has 0 amide bonds.